The first-order chi connectivity index (χ1) is 9.91. The maximum atomic E-state index is 12.5. The van der Waals surface area contributed by atoms with Crippen LogP contribution in [-0.4, -0.2) is 9.13 Å². The minimum atomic E-state index is -1.34. The van der Waals surface area contributed by atoms with Crippen LogP contribution < -0.4 is 5.73 Å². The Morgan fingerprint density at radius 3 is 2.52 bits per heavy atom. The van der Waals surface area contributed by atoms with Crippen molar-refractivity contribution < 1.29 is 9.13 Å². The van der Waals surface area contributed by atoms with Crippen LogP contribution in [0.3, 0.4) is 0 Å². The van der Waals surface area contributed by atoms with E-state index in [1.165, 1.54) is 6.07 Å². The van der Waals surface area contributed by atoms with Crippen LogP contribution in [0.25, 0.3) is 0 Å². The maximum Gasteiger partial charge on any atom is 0.272 e. The van der Waals surface area contributed by atoms with E-state index in [0.717, 1.165) is 5.56 Å². The highest BCUT2D eigenvalue weighted by molar-refractivity contribution is 7.84. The molecule has 2 aromatic rings. The quantitative estimate of drug-likeness (QED) is 0.534. The molecule has 1 unspecified atom stereocenters. The van der Waals surface area contributed by atoms with Gasteiger partial charge in [-0.25, -0.2) is 0 Å². The number of hydrogen-bond donors (Lipinski definition) is 1. The van der Waals surface area contributed by atoms with Crippen molar-refractivity contribution in [2.24, 2.45) is 0 Å². The van der Waals surface area contributed by atoms with Crippen LogP contribution in [-0.2, 0) is 16.6 Å². The standard InChI is InChI=1S/C15H16N2O3S/c1-10-5-3-8-14(15(10)16)21(20)9-12-6-4-7-13(11(12)2)17(18)19/h3-8H,9,16H2,1-2H3. The van der Waals surface area contributed by atoms with Crippen LogP contribution in [0.15, 0.2) is 41.3 Å². The summed E-state index contributed by atoms with van der Waals surface area (Å²) in [5, 5.41) is 10.9. The van der Waals surface area contributed by atoms with Crippen LogP contribution >= 0.6 is 0 Å². The van der Waals surface area contributed by atoms with E-state index in [1.807, 2.05) is 13.0 Å². The number of nitrogens with zero attached hydrogens (tertiary/aromatic N) is 1. The number of hydrogen-bond acceptors (Lipinski definition) is 4. The number of anilines is 1. The lowest BCUT2D eigenvalue weighted by Crippen LogP contribution is -2.04. The summed E-state index contributed by atoms with van der Waals surface area (Å²) < 4.78 is 12.5. The number of nitrogen functional groups attached to an aromatic ring is 1. The van der Waals surface area contributed by atoms with Crippen molar-refractivity contribution in [3.63, 3.8) is 0 Å². The zero-order valence-corrected chi connectivity index (χ0v) is 12.6. The fraction of sp³-hybridized carbons (Fsp3) is 0.200. The van der Waals surface area contributed by atoms with E-state index in [4.69, 9.17) is 5.73 Å². The molecule has 0 bridgehead atoms. The summed E-state index contributed by atoms with van der Waals surface area (Å²) in [6.07, 6.45) is 0. The van der Waals surface area contributed by atoms with Gasteiger partial charge in [0, 0.05) is 11.6 Å². The second-order valence-corrected chi connectivity index (χ2v) is 6.21. The highest BCUT2D eigenvalue weighted by Gasteiger charge is 2.16. The first-order valence-electron chi connectivity index (χ1n) is 6.38. The van der Waals surface area contributed by atoms with Crippen LogP contribution in [0.1, 0.15) is 16.7 Å². The molecule has 6 heteroatoms. The van der Waals surface area contributed by atoms with E-state index in [1.54, 1.807) is 31.2 Å². The van der Waals surface area contributed by atoms with Gasteiger partial charge in [-0.2, -0.15) is 0 Å². The van der Waals surface area contributed by atoms with Crippen molar-refractivity contribution in [2.45, 2.75) is 24.5 Å². The SMILES string of the molecule is Cc1cccc(S(=O)Cc2cccc([N+](=O)[O-])c2C)c1N. The molecule has 5 nitrogen and oxygen atoms in total. The van der Waals surface area contributed by atoms with Gasteiger partial charge in [0.15, 0.2) is 0 Å². The Morgan fingerprint density at radius 2 is 1.86 bits per heavy atom. The molecule has 0 heterocycles. The fourth-order valence-electron chi connectivity index (χ4n) is 2.10. The zero-order chi connectivity index (χ0) is 15.6. The van der Waals surface area contributed by atoms with Gasteiger partial charge in [0.05, 0.1) is 32.1 Å². The summed E-state index contributed by atoms with van der Waals surface area (Å²) in [5.41, 5.74) is 8.62. The lowest BCUT2D eigenvalue weighted by Gasteiger charge is -2.10. The molecule has 0 saturated carbocycles. The van der Waals surface area contributed by atoms with Crippen LogP contribution in [0, 0.1) is 24.0 Å². The average molecular weight is 304 g/mol. The number of rotatable bonds is 4. The second kappa shape index (κ2) is 6.05. The van der Waals surface area contributed by atoms with E-state index in [2.05, 4.69) is 0 Å². The van der Waals surface area contributed by atoms with E-state index >= 15 is 0 Å². The van der Waals surface area contributed by atoms with Crippen molar-refractivity contribution in [3.8, 4) is 0 Å². The molecule has 21 heavy (non-hydrogen) atoms. The van der Waals surface area contributed by atoms with Gasteiger partial charge in [-0.1, -0.05) is 24.3 Å². The second-order valence-electron chi connectivity index (χ2n) is 4.79. The lowest BCUT2D eigenvalue weighted by atomic mass is 10.1. The van der Waals surface area contributed by atoms with Gasteiger partial charge in [-0.3, -0.25) is 14.3 Å². The first kappa shape index (κ1) is 15.2. The molecule has 2 N–H and O–H groups in total. The zero-order valence-electron chi connectivity index (χ0n) is 11.8. The smallest absolute Gasteiger partial charge is 0.272 e. The van der Waals surface area contributed by atoms with Gasteiger partial charge in [0.25, 0.3) is 5.69 Å². The molecule has 0 saturated heterocycles. The van der Waals surface area contributed by atoms with Crippen molar-refractivity contribution in [1.82, 2.24) is 0 Å². The van der Waals surface area contributed by atoms with Gasteiger partial charge < -0.3 is 5.73 Å². The Hall–Kier alpha value is -2.21. The van der Waals surface area contributed by atoms with Crippen molar-refractivity contribution in [3.05, 3.63) is 63.2 Å². The molecule has 2 aromatic carbocycles. The Morgan fingerprint density at radius 1 is 1.19 bits per heavy atom. The number of nitro benzene ring substituents is 1. The molecule has 0 aliphatic rings. The summed E-state index contributed by atoms with van der Waals surface area (Å²) >= 11 is 0. The summed E-state index contributed by atoms with van der Waals surface area (Å²) in [7, 11) is -1.34. The molecule has 0 radical (unpaired) electrons. The first-order valence-corrected chi connectivity index (χ1v) is 7.70. The average Bonchev–Trinajstić information content (AvgIpc) is 2.43. The molecule has 0 aliphatic carbocycles. The van der Waals surface area contributed by atoms with E-state index in [9.17, 15) is 14.3 Å². The highest BCUT2D eigenvalue weighted by Crippen LogP contribution is 2.26. The number of para-hydroxylation sites is 1. The molecular formula is C15H16N2O3S. The molecule has 0 aromatic heterocycles. The molecule has 1 atom stereocenters. The van der Waals surface area contributed by atoms with E-state index in [0.29, 0.717) is 21.7 Å². The third-order valence-electron chi connectivity index (χ3n) is 3.43. The number of nitro groups is 1. The third-order valence-corrected chi connectivity index (χ3v) is 4.85. The normalized spacial score (nSPS) is 12.1. The van der Waals surface area contributed by atoms with Crippen molar-refractivity contribution in [2.75, 3.05) is 5.73 Å². The Labute approximate surface area is 125 Å². The minimum Gasteiger partial charge on any atom is -0.398 e. The number of aryl methyl sites for hydroxylation is 1. The molecule has 0 spiro atoms. The summed E-state index contributed by atoms with van der Waals surface area (Å²) in [6, 6.07) is 10.2. The maximum absolute atomic E-state index is 12.5. The molecular weight excluding hydrogens is 288 g/mol. The van der Waals surface area contributed by atoms with Gasteiger partial charge in [0.1, 0.15) is 0 Å². The highest BCUT2D eigenvalue weighted by atomic mass is 32.2. The Balaban J connectivity index is 2.34. The topological polar surface area (TPSA) is 86.2 Å². The molecule has 110 valence electrons. The monoisotopic (exact) mass is 304 g/mol. The predicted octanol–water partition coefficient (Wildman–Crippen LogP) is 3.10. The van der Waals surface area contributed by atoms with Gasteiger partial charge in [-0.15, -0.1) is 0 Å². The number of benzene rings is 2. The molecule has 0 aliphatic heterocycles. The molecule has 2 rings (SSSR count). The van der Waals surface area contributed by atoms with E-state index < -0.39 is 15.7 Å². The van der Waals surface area contributed by atoms with Crippen molar-refractivity contribution >= 4 is 22.2 Å². The fourth-order valence-corrected chi connectivity index (χ4v) is 3.48. The van der Waals surface area contributed by atoms with Crippen molar-refractivity contribution in [1.29, 1.82) is 0 Å². The summed E-state index contributed by atoms with van der Waals surface area (Å²) in [4.78, 5) is 11.1. The van der Waals surface area contributed by atoms with Gasteiger partial charge in [0.2, 0.25) is 0 Å². The van der Waals surface area contributed by atoms with Gasteiger partial charge >= 0.3 is 0 Å². The largest absolute Gasteiger partial charge is 0.398 e. The summed E-state index contributed by atoms with van der Waals surface area (Å²) in [6.45, 7) is 3.53. The summed E-state index contributed by atoms with van der Waals surface area (Å²) in [5.74, 6) is 0.209. The minimum absolute atomic E-state index is 0.0433. The third kappa shape index (κ3) is 3.11. The van der Waals surface area contributed by atoms with Crippen LogP contribution in [0.5, 0.6) is 0 Å². The lowest BCUT2D eigenvalue weighted by molar-refractivity contribution is -0.385. The Bertz CT molecular complexity index is 729. The number of nitrogens with two attached hydrogens (primary N) is 1. The predicted molar refractivity (Wildman–Crippen MR) is 83.5 cm³/mol. The van der Waals surface area contributed by atoms with Crippen LogP contribution in [0.2, 0.25) is 0 Å². The Kier molecular flexibility index (Phi) is 4.37. The molecule has 0 amide bonds. The van der Waals surface area contributed by atoms with E-state index in [-0.39, 0.29) is 11.4 Å². The molecule has 0 fully saturated rings. The van der Waals surface area contributed by atoms with Gasteiger partial charge in [-0.05, 0) is 31.0 Å². The van der Waals surface area contributed by atoms with Crippen LogP contribution in [0.4, 0.5) is 11.4 Å².